The molecule has 92 valence electrons. The number of nitrogens with zero attached hydrogens (tertiary/aromatic N) is 2. The summed E-state index contributed by atoms with van der Waals surface area (Å²) in [4.78, 5) is 0. The monoisotopic (exact) mass is 226 g/mol. The van der Waals surface area contributed by atoms with Crippen molar-refractivity contribution in [3.05, 3.63) is 17.5 Å². The third kappa shape index (κ3) is 3.30. The second kappa shape index (κ2) is 5.98. The van der Waals surface area contributed by atoms with Crippen molar-refractivity contribution in [3.63, 3.8) is 0 Å². The van der Waals surface area contributed by atoms with Crippen molar-refractivity contribution in [3.8, 4) is 0 Å². The molecule has 0 aliphatic rings. The lowest BCUT2D eigenvalue weighted by molar-refractivity contribution is 0.0472. The van der Waals surface area contributed by atoms with E-state index in [1.54, 1.807) is 0 Å². The number of ether oxygens (including phenoxy) is 1. The van der Waals surface area contributed by atoms with E-state index < -0.39 is 0 Å². The molecular formula is C11H22N4O. The fourth-order valence-corrected chi connectivity index (χ4v) is 1.82. The molecule has 0 spiro atoms. The van der Waals surface area contributed by atoms with E-state index in [1.807, 2.05) is 32.5 Å². The highest BCUT2D eigenvalue weighted by atomic mass is 16.5. The number of nitrogens with two attached hydrogens (primary N) is 1. The fraction of sp³-hybridized carbons (Fsp3) is 0.727. The van der Waals surface area contributed by atoms with E-state index in [4.69, 9.17) is 10.6 Å². The summed E-state index contributed by atoms with van der Waals surface area (Å²) >= 11 is 0. The van der Waals surface area contributed by atoms with Crippen LogP contribution in [0.15, 0.2) is 6.07 Å². The van der Waals surface area contributed by atoms with Crippen LogP contribution < -0.4 is 11.3 Å². The maximum Gasteiger partial charge on any atom is 0.0717 e. The first kappa shape index (κ1) is 13.2. The van der Waals surface area contributed by atoms with Gasteiger partial charge in [-0.05, 0) is 26.8 Å². The van der Waals surface area contributed by atoms with Crippen LogP contribution in [0, 0.1) is 6.92 Å². The van der Waals surface area contributed by atoms with Gasteiger partial charge in [-0.3, -0.25) is 16.0 Å². The summed E-state index contributed by atoms with van der Waals surface area (Å²) in [6.07, 6.45) is 0.903. The third-order valence-corrected chi connectivity index (χ3v) is 2.74. The molecule has 16 heavy (non-hydrogen) atoms. The molecule has 1 aromatic heterocycles. The Kier molecular flexibility index (Phi) is 4.92. The number of hydrogen-bond donors (Lipinski definition) is 2. The summed E-state index contributed by atoms with van der Waals surface area (Å²) in [6, 6.07) is 2.18. The van der Waals surface area contributed by atoms with Gasteiger partial charge >= 0.3 is 0 Å². The van der Waals surface area contributed by atoms with Crippen molar-refractivity contribution >= 4 is 0 Å². The molecule has 0 radical (unpaired) electrons. The van der Waals surface area contributed by atoms with E-state index in [9.17, 15) is 0 Å². The van der Waals surface area contributed by atoms with Crippen molar-refractivity contribution < 1.29 is 4.74 Å². The first-order valence-corrected chi connectivity index (χ1v) is 5.65. The molecule has 0 bridgehead atoms. The minimum atomic E-state index is 0.0882. The van der Waals surface area contributed by atoms with E-state index in [-0.39, 0.29) is 12.1 Å². The molecule has 0 aliphatic heterocycles. The molecule has 3 N–H and O–H groups in total. The summed E-state index contributed by atoms with van der Waals surface area (Å²) in [5.41, 5.74) is 4.99. The zero-order valence-electron chi connectivity index (χ0n) is 10.5. The predicted octanol–water partition coefficient (Wildman–Crippen LogP) is 0.528. The van der Waals surface area contributed by atoms with Gasteiger partial charge in [0.1, 0.15) is 0 Å². The van der Waals surface area contributed by atoms with Crippen molar-refractivity contribution in [1.29, 1.82) is 0 Å². The Labute approximate surface area is 96.9 Å². The Hall–Kier alpha value is -0.910. The van der Waals surface area contributed by atoms with Gasteiger partial charge in [-0.25, -0.2) is 0 Å². The standard InChI is InChI=1S/C11H22N4O/c1-5-16-9(3)11(13-12)7-10-6-8(2)14-15(10)4/h6,9,11,13H,5,7,12H2,1-4H3. The van der Waals surface area contributed by atoms with E-state index in [2.05, 4.69) is 16.6 Å². The van der Waals surface area contributed by atoms with Gasteiger partial charge in [0.25, 0.3) is 0 Å². The normalized spacial score (nSPS) is 15.1. The first-order chi connectivity index (χ1) is 7.58. The van der Waals surface area contributed by atoms with Crippen molar-refractivity contribution in [2.24, 2.45) is 12.9 Å². The van der Waals surface area contributed by atoms with Crippen molar-refractivity contribution in [1.82, 2.24) is 15.2 Å². The molecule has 2 unspecified atom stereocenters. The zero-order valence-corrected chi connectivity index (χ0v) is 10.5. The van der Waals surface area contributed by atoms with E-state index in [0.717, 1.165) is 17.8 Å². The summed E-state index contributed by atoms with van der Waals surface area (Å²) in [5, 5.41) is 4.31. The van der Waals surface area contributed by atoms with Gasteiger partial charge in [0.05, 0.1) is 17.8 Å². The van der Waals surface area contributed by atoms with Gasteiger partial charge in [-0.15, -0.1) is 0 Å². The van der Waals surface area contributed by atoms with Crippen LogP contribution in [0.25, 0.3) is 0 Å². The largest absolute Gasteiger partial charge is 0.377 e. The molecule has 1 aromatic rings. The lowest BCUT2D eigenvalue weighted by Gasteiger charge is -2.22. The van der Waals surface area contributed by atoms with Crippen LogP contribution in [0.4, 0.5) is 0 Å². The van der Waals surface area contributed by atoms with Crippen LogP contribution in [0.2, 0.25) is 0 Å². The quantitative estimate of drug-likeness (QED) is 0.548. The van der Waals surface area contributed by atoms with Gasteiger partial charge in [-0.1, -0.05) is 0 Å². The third-order valence-electron chi connectivity index (χ3n) is 2.74. The number of aromatic nitrogens is 2. The average molecular weight is 226 g/mol. The Morgan fingerprint density at radius 1 is 1.62 bits per heavy atom. The maximum absolute atomic E-state index is 5.55. The Morgan fingerprint density at radius 3 is 2.75 bits per heavy atom. The van der Waals surface area contributed by atoms with Gasteiger partial charge < -0.3 is 4.74 Å². The average Bonchev–Trinajstić information content (AvgIpc) is 2.54. The number of nitrogens with one attached hydrogen (secondary N) is 1. The summed E-state index contributed by atoms with van der Waals surface area (Å²) < 4.78 is 7.43. The number of rotatable bonds is 6. The molecule has 1 heterocycles. The highest BCUT2D eigenvalue weighted by Crippen LogP contribution is 2.09. The van der Waals surface area contributed by atoms with Crippen LogP contribution in [0.5, 0.6) is 0 Å². The van der Waals surface area contributed by atoms with E-state index >= 15 is 0 Å². The number of hydrogen-bond acceptors (Lipinski definition) is 4. The minimum Gasteiger partial charge on any atom is -0.377 e. The van der Waals surface area contributed by atoms with Gasteiger partial charge in [0.2, 0.25) is 0 Å². The highest BCUT2D eigenvalue weighted by Gasteiger charge is 2.18. The predicted molar refractivity (Wildman–Crippen MR) is 63.8 cm³/mol. The molecule has 0 saturated carbocycles. The molecule has 5 heteroatoms. The molecular weight excluding hydrogens is 204 g/mol. The first-order valence-electron chi connectivity index (χ1n) is 5.65. The summed E-state index contributed by atoms with van der Waals surface area (Å²) in [7, 11) is 1.95. The van der Waals surface area contributed by atoms with Crippen LogP contribution in [-0.2, 0) is 18.2 Å². The van der Waals surface area contributed by atoms with Crippen molar-refractivity contribution in [2.45, 2.75) is 39.3 Å². The summed E-state index contributed by atoms with van der Waals surface area (Å²) in [6.45, 7) is 6.69. The Morgan fingerprint density at radius 2 is 2.31 bits per heavy atom. The zero-order chi connectivity index (χ0) is 12.1. The minimum absolute atomic E-state index is 0.0882. The topological polar surface area (TPSA) is 65.1 Å². The van der Waals surface area contributed by atoms with Gasteiger partial charge in [-0.2, -0.15) is 5.10 Å². The molecule has 1 rings (SSSR count). The molecule has 2 atom stereocenters. The molecule has 0 saturated heterocycles. The maximum atomic E-state index is 5.55. The number of hydrazine groups is 1. The Bertz CT molecular complexity index is 324. The lowest BCUT2D eigenvalue weighted by atomic mass is 10.1. The molecule has 0 fully saturated rings. The number of aryl methyl sites for hydroxylation is 2. The fourth-order valence-electron chi connectivity index (χ4n) is 1.82. The van der Waals surface area contributed by atoms with Crippen LogP contribution in [0.1, 0.15) is 25.2 Å². The van der Waals surface area contributed by atoms with Crippen LogP contribution in [0.3, 0.4) is 0 Å². The van der Waals surface area contributed by atoms with Gasteiger partial charge in [0.15, 0.2) is 0 Å². The van der Waals surface area contributed by atoms with E-state index in [1.165, 1.54) is 0 Å². The molecule has 0 amide bonds. The van der Waals surface area contributed by atoms with Crippen LogP contribution in [-0.4, -0.2) is 28.5 Å². The summed E-state index contributed by atoms with van der Waals surface area (Å²) in [5.74, 6) is 5.55. The second-order valence-corrected chi connectivity index (χ2v) is 4.04. The van der Waals surface area contributed by atoms with E-state index in [0.29, 0.717) is 6.61 Å². The second-order valence-electron chi connectivity index (χ2n) is 4.04. The van der Waals surface area contributed by atoms with Crippen molar-refractivity contribution in [2.75, 3.05) is 6.61 Å². The molecule has 0 aromatic carbocycles. The highest BCUT2D eigenvalue weighted by molar-refractivity contribution is 5.10. The smallest absolute Gasteiger partial charge is 0.0717 e. The Balaban J connectivity index is 2.66. The van der Waals surface area contributed by atoms with Crippen LogP contribution >= 0.6 is 0 Å². The lowest BCUT2D eigenvalue weighted by Crippen LogP contribution is -2.45. The molecule has 5 nitrogen and oxygen atoms in total. The SMILES string of the molecule is CCOC(C)C(Cc1cc(C)nn1C)NN. The molecule has 0 aliphatic carbocycles. The van der Waals surface area contributed by atoms with Gasteiger partial charge in [0, 0.05) is 25.8 Å².